The number of aryl methyl sites for hydroxylation is 1. The summed E-state index contributed by atoms with van der Waals surface area (Å²) in [6.07, 6.45) is -0.830. The Bertz CT molecular complexity index is 718. The molecule has 0 aliphatic carbocycles. The maximum absolute atomic E-state index is 10.8. The second-order valence-electron chi connectivity index (χ2n) is 5.74. The number of aliphatic hydroxyl groups is 1. The topological polar surface area (TPSA) is 84.6 Å². The zero-order chi connectivity index (χ0) is 17.7. The van der Waals surface area contributed by atoms with Crippen molar-refractivity contribution in [1.29, 1.82) is 0 Å². The van der Waals surface area contributed by atoms with E-state index >= 15 is 0 Å². The van der Waals surface area contributed by atoms with Crippen molar-refractivity contribution >= 4 is 5.69 Å². The molecule has 2 aromatic carbocycles. The Morgan fingerprint density at radius 3 is 2.71 bits per heavy atom. The van der Waals surface area contributed by atoms with Gasteiger partial charge in [-0.1, -0.05) is 29.8 Å². The molecule has 0 heterocycles. The molecule has 128 valence electrons. The van der Waals surface area contributed by atoms with Gasteiger partial charge in [-0.2, -0.15) is 0 Å². The molecular weight excluding hydrogens is 308 g/mol. The summed E-state index contributed by atoms with van der Waals surface area (Å²) in [6, 6.07) is 12.0. The fourth-order valence-electron chi connectivity index (χ4n) is 2.55. The van der Waals surface area contributed by atoms with Crippen molar-refractivity contribution in [2.45, 2.75) is 26.0 Å². The molecule has 0 spiro atoms. The van der Waals surface area contributed by atoms with Crippen LogP contribution >= 0.6 is 0 Å². The van der Waals surface area contributed by atoms with Gasteiger partial charge in [-0.3, -0.25) is 10.1 Å². The SMILES string of the molecule is COc1ccc(C)cc1C(C)NCC(O)c1cccc([N+](=O)[O-])c1. The summed E-state index contributed by atoms with van der Waals surface area (Å²) in [5.74, 6) is 0.783. The molecule has 0 fully saturated rings. The van der Waals surface area contributed by atoms with Gasteiger partial charge in [0.05, 0.1) is 18.1 Å². The van der Waals surface area contributed by atoms with E-state index in [1.807, 2.05) is 32.0 Å². The predicted octanol–water partition coefficient (Wildman–Crippen LogP) is 3.30. The molecule has 0 aromatic heterocycles. The van der Waals surface area contributed by atoms with E-state index in [0.717, 1.165) is 16.9 Å². The van der Waals surface area contributed by atoms with E-state index in [0.29, 0.717) is 5.56 Å². The molecule has 0 saturated carbocycles. The lowest BCUT2D eigenvalue weighted by molar-refractivity contribution is -0.385. The third-order valence-corrected chi connectivity index (χ3v) is 3.93. The first-order chi connectivity index (χ1) is 11.4. The number of non-ortho nitro benzene ring substituents is 1. The summed E-state index contributed by atoms with van der Waals surface area (Å²) in [5.41, 5.74) is 2.61. The second kappa shape index (κ2) is 7.90. The number of methoxy groups -OCH3 is 1. The zero-order valence-corrected chi connectivity index (χ0v) is 14.0. The van der Waals surface area contributed by atoms with Gasteiger partial charge in [-0.25, -0.2) is 0 Å². The lowest BCUT2D eigenvalue weighted by Crippen LogP contribution is -2.25. The number of aliphatic hydroxyl groups excluding tert-OH is 1. The Labute approximate surface area is 141 Å². The summed E-state index contributed by atoms with van der Waals surface area (Å²) < 4.78 is 5.38. The highest BCUT2D eigenvalue weighted by molar-refractivity contribution is 5.39. The van der Waals surface area contributed by atoms with Crippen molar-refractivity contribution in [3.8, 4) is 5.75 Å². The number of nitro benzene ring substituents is 1. The highest BCUT2D eigenvalue weighted by atomic mass is 16.6. The standard InChI is InChI=1S/C18H22N2O4/c1-12-7-8-18(24-3)16(9-12)13(2)19-11-17(21)14-5-4-6-15(10-14)20(22)23/h4-10,13,17,19,21H,11H2,1-3H3. The fourth-order valence-corrected chi connectivity index (χ4v) is 2.55. The van der Waals surface area contributed by atoms with E-state index in [2.05, 4.69) is 5.32 Å². The third kappa shape index (κ3) is 4.31. The van der Waals surface area contributed by atoms with Gasteiger partial charge >= 0.3 is 0 Å². The molecule has 2 atom stereocenters. The average Bonchev–Trinajstić information content (AvgIpc) is 2.59. The molecule has 0 aliphatic rings. The minimum Gasteiger partial charge on any atom is -0.496 e. The number of hydrogen-bond donors (Lipinski definition) is 2. The first kappa shape index (κ1) is 17.9. The van der Waals surface area contributed by atoms with Crippen LogP contribution in [0.1, 0.15) is 35.8 Å². The summed E-state index contributed by atoms with van der Waals surface area (Å²) in [5, 5.41) is 24.4. The second-order valence-corrected chi connectivity index (χ2v) is 5.74. The van der Waals surface area contributed by atoms with Crippen molar-refractivity contribution in [3.05, 3.63) is 69.3 Å². The van der Waals surface area contributed by atoms with Crippen LogP contribution in [0.2, 0.25) is 0 Å². The molecule has 6 nitrogen and oxygen atoms in total. The van der Waals surface area contributed by atoms with Gasteiger partial charge in [0, 0.05) is 30.3 Å². The Morgan fingerprint density at radius 2 is 2.04 bits per heavy atom. The summed E-state index contributed by atoms with van der Waals surface area (Å²) in [4.78, 5) is 10.4. The van der Waals surface area contributed by atoms with Crippen molar-refractivity contribution in [3.63, 3.8) is 0 Å². The monoisotopic (exact) mass is 330 g/mol. The Hall–Kier alpha value is -2.44. The van der Waals surface area contributed by atoms with Crippen LogP contribution in [0.3, 0.4) is 0 Å². The summed E-state index contributed by atoms with van der Waals surface area (Å²) in [7, 11) is 1.62. The molecule has 0 bridgehead atoms. The molecule has 0 saturated heterocycles. The highest BCUT2D eigenvalue weighted by Crippen LogP contribution is 2.26. The van der Waals surface area contributed by atoms with E-state index in [9.17, 15) is 15.2 Å². The van der Waals surface area contributed by atoms with Gasteiger partial charge < -0.3 is 15.2 Å². The molecule has 2 aromatic rings. The quantitative estimate of drug-likeness (QED) is 0.601. The van der Waals surface area contributed by atoms with Gasteiger partial charge in [-0.05, 0) is 25.5 Å². The van der Waals surface area contributed by atoms with Gasteiger partial charge in [-0.15, -0.1) is 0 Å². The maximum Gasteiger partial charge on any atom is 0.269 e. The Kier molecular flexibility index (Phi) is 5.89. The number of nitro groups is 1. The van der Waals surface area contributed by atoms with Gasteiger partial charge in [0.2, 0.25) is 0 Å². The third-order valence-electron chi connectivity index (χ3n) is 3.93. The van der Waals surface area contributed by atoms with Crippen LogP contribution < -0.4 is 10.1 Å². The molecule has 24 heavy (non-hydrogen) atoms. The Balaban J connectivity index is 2.06. The first-order valence-corrected chi connectivity index (χ1v) is 7.72. The zero-order valence-electron chi connectivity index (χ0n) is 14.0. The molecule has 0 radical (unpaired) electrons. The molecule has 0 aliphatic heterocycles. The lowest BCUT2D eigenvalue weighted by atomic mass is 10.0. The highest BCUT2D eigenvalue weighted by Gasteiger charge is 2.16. The van der Waals surface area contributed by atoms with E-state index in [-0.39, 0.29) is 18.3 Å². The summed E-state index contributed by atoms with van der Waals surface area (Å²) in [6.45, 7) is 4.27. The van der Waals surface area contributed by atoms with Crippen LogP contribution in [0.15, 0.2) is 42.5 Å². The van der Waals surface area contributed by atoms with Crippen LogP contribution in [-0.2, 0) is 0 Å². The Morgan fingerprint density at radius 1 is 1.29 bits per heavy atom. The normalized spacial score (nSPS) is 13.3. The fraction of sp³-hybridized carbons (Fsp3) is 0.333. The molecule has 2 unspecified atom stereocenters. The maximum atomic E-state index is 10.8. The van der Waals surface area contributed by atoms with Crippen LogP contribution in [0.25, 0.3) is 0 Å². The molecule has 2 rings (SSSR count). The molecule has 0 amide bonds. The van der Waals surface area contributed by atoms with Gasteiger partial charge in [0.15, 0.2) is 0 Å². The van der Waals surface area contributed by atoms with E-state index in [4.69, 9.17) is 4.74 Å². The van der Waals surface area contributed by atoms with Crippen LogP contribution in [-0.4, -0.2) is 23.7 Å². The predicted molar refractivity (Wildman–Crippen MR) is 92.2 cm³/mol. The first-order valence-electron chi connectivity index (χ1n) is 7.72. The van der Waals surface area contributed by atoms with Crippen molar-refractivity contribution < 1.29 is 14.8 Å². The minimum atomic E-state index is -0.830. The number of hydrogen-bond acceptors (Lipinski definition) is 5. The smallest absolute Gasteiger partial charge is 0.269 e. The van der Waals surface area contributed by atoms with Crippen LogP contribution in [0.5, 0.6) is 5.75 Å². The minimum absolute atomic E-state index is 0.0278. The van der Waals surface area contributed by atoms with Crippen LogP contribution in [0, 0.1) is 17.0 Å². The van der Waals surface area contributed by atoms with Crippen molar-refractivity contribution in [1.82, 2.24) is 5.32 Å². The number of nitrogens with zero attached hydrogens (tertiary/aromatic N) is 1. The van der Waals surface area contributed by atoms with Gasteiger partial charge in [0.25, 0.3) is 5.69 Å². The number of benzene rings is 2. The molecule has 6 heteroatoms. The van der Waals surface area contributed by atoms with Crippen LogP contribution in [0.4, 0.5) is 5.69 Å². The van der Waals surface area contributed by atoms with Crippen molar-refractivity contribution in [2.24, 2.45) is 0 Å². The van der Waals surface area contributed by atoms with Gasteiger partial charge in [0.1, 0.15) is 5.75 Å². The number of rotatable bonds is 7. The summed E-state index contributed by atoms with van der Waals surface area (Å²) >= 11 is 0. The number of nitrogens with one attached hydrogen (secondary N) is 1. The lowest BCUT2D eigenvalue weighted by Gasteiger charge is -2.20. The molecular formula is C18H22N2O4. The van der Waals surface area contributed by atoms with E-state index in [1.165, 1.54) is 12.1 Å². The van der Waals surface area contributed by atoms with E-state index in [1.54, 1.807) is 19.2 Å². The number of ether oxygens (including phenoxy) is 1. The average molecular weight is 330 g/mol. The largest absolute Gasteiger partial charge is 0.496 e. The van der Waals surface area contributed by atoms with Crippen molar-refractivity contribution in [2.75, 3.05) is 13.7 Å². The molecule has 2 N–H and O–H groups in total. The van der Waals surface area contributed by atoms with E-state index < -0.39 is 11.0 Å².